The Morgan fingerprint density at radius 1 is 1.56 bits per heavy atom. The summed E-state index contributed by atoms with van der Waals surface area (Å²) in [5.41, 5.74) is 0. The minimum atomic E-state index is -0.968. The number of carbonyl (C=O) groups excluding carboxylic acids is 1. The number of hydrogen-bond donors (Lipinski definition) is 3. The first kappa shape index (κ1) is 14.9. The molecule has 6 heteroatoms. The predicted octanol–water partition coefficient (Wildman–Crippen LogP) is 0.125. The van der Waals surface area contributed by atoms with Gasteiger partial charge >= 0.3 is 5.97 Å². The van der Waals surface area contributed by atoms with Gasteiger partial charge in [0.25, 0.3) is 0 Å². The normalized spacial score (nSPS) is 21.3. The summed E-state index contributed by atoms with van der Waals surface area (Å²) < 4.78 is 5.24. The number of carboxylic acids is 1. The number of morpholine rings is 1. The van der Waals surface area contributed by atoms with Gasteiger partial charge in [0.2, 0.25) is 5.91 Å². The van der Waals surface area contributed by atoms with E-state index in [-0.39, 0.29) is 18.4 Å². The van der Waals surface area contributed by atoms with Crippen LogP contribution >= 0.6 is 0 Å². The van der Waals surface area contributed by atoms with Crippen LogP contribution in [0.25, 0.3) is 0 Å². The second-order valence-electron chi connectivity index (χ2n) is 4.53. The summed E-state index contributed by atoms with van der Waals surface area (Å²) in [6.45, 7) is 3.88. The first-order chi connectivity index (χ1) is 8.63. The Balaban J connectivity index is 2.32. The van der Waals surface area contributed by atoms with Crippen molar-refractivity contribution in [3.63, 3.8) is 0 Å². The van der Waals surface area contributed by atoms with Crippen LogP contribution in [0.1, 0.15) is 32.6 Å². The molecule has 0 radical (unpaired) electrons. The summed E-state index contributed by atoms with van der Waals surface area (Å²) in [7, 11) is 0. The lowest BCUT2D eigenvalue weighted by Crippen LogP contribution is -2.47. The average molecular weight is 258 g/mol. The van der Waals surface area contributed by atoms with Gasteiger partial charge < -0.3 is 20.5 Å². The van der Waals surface area contributed by atoms with Gasteiger partial charge in [0.05, 0.1) is 13.2 Å². The van der Waals surface area contributed by atoms with Crippen molar-refractivity contribution in [2.75, 3.05) is 19.8 Å². The van der Waals surface area contributed by atoms with Crippen molar-refractivity contribution in [3.05, 3.63) is 0 Å². The van der Waals surface area contributed by atoms with Gasteiger partial charge in [0, 0.05) is 19.0 Å². The highest BCUT2D eigenvalue weighted by Crippen LogP contribution is 2.03. The van der Waals surface area contributed by atoms with Crippen LogP contribution in [-0.4, -0.2) is 48.8 Å². The Labute approximate surface area is 107 Å². The van der Waals surface area contributed by atoms with Crippen molar-refractivity contribution in [2.24, 2.45) is 0 Å². The topological polar surface area (TPSA) is 87.7 Å². The molecule has 1 aliphatic heterocycles. The number of nitrogens with one attached hydrogen (secondary N) is 2. The molecule has 0 aromatic carbocycles. The molecule has 0 saturated carbocycles. The van der Waals surface area contributed by atoms with E-state index in [0.717, 1.165) is 19.4 Å². The summed E-state index contributed by atoms with van der Waals surface area (Å²) in [4.78, 5) is 22.7. The number of carbonyl (C=O) groups is 2. The first-order valence-corrected chi connectivity index (χ1v) is 6.46. The standard InChI is InChI=1S/C12H22N2O4/c1-2-3-4-10(12(16)17)14-11(15)7-9-8-18-6-5-13-9/h9-10,13H,2-8H2,1H3,(H,14,15)(H,16,17)/t9?,10-/m0/s1. The maximum absolute atomic E-state index is 11.7. The third-order valence-corrected chi connectivity index (χ3v) is 2.91. The van der Waals surface area contributed by atoms with Gasteiger partial charge in [0.1, 0.15) is 6.04 Å². The minimum Gasteiger partial charge on any atom is -0.480 e. The van der Waals surface area contributed by atoms with Crippen LogP contribution < -0.4 is 10.6 Å². The average Bonchev–Trinajstić information content (AvgIpc) is 2.35. The van der Waals surface area contributed by atoms with Crippen LogP contribution in [-0.2, 0) is 14.3 Å². The number of hydrogen-bond acceptors (Lipinski definition) is 4. The monoisotopic (exact) mass is 258 g/mol. The number of aliphatic carboxylic acids is 1. The summed E-state index contributed by atoms with van der Waals surface area (Å²) in [5, 5.41) is 14.7. The van der Waals surface area contributed by atoms with Crippen molar-refractivity contribution in [1.29, 1.82) is 0 Å². The lowest BCUT2D eigenvalue weighted by Gasteiger charge is -2.24. The van der Waals surface area contributed by atoms with Gasteiger partial charge in [-0.3, -0.25) is 4.79 Å². The summed E-state index contributed by atoms with van der Waals surface area (Å²) in [6, 6.07) is -0.790. The third-order valence-electron chi connectivity index (χ3n) is 2.91. The quantitative estimate of drug-likeness (QED) is 0.604. The van der Waals surface area contributed by atoms with Crippen molar-refractivity contribution >= 4 is 11.9 Å². The lowest BCUT2D eigenvalue weighted by atomic mass is 10.1. The molecule has 0 bridgehead atoms. The molecular weight excluding hydrogens is 236 g/mol. The molecule has 0 spiro atoms. The maximum Gasteiger partial charge on any atom is 0.326 e. The van der Waals surface area contributed by atoms with Crippen molar-refractivity contribution in [2.45, 2.75) is 44.7 Å². The highest BCUT2D eigenvalue weighted by atomic mass is 16.5. The van der Waals surface area contributed by atoms with Crippen LogP contribution in [0.2, 0.25) is 0 Å². The Morgan fingerprint density at radius 2 is 2.33 bits per heavy atom. The molecule has 2 atom stereocenters. The Hall–Kier alpha value is -1.14. The van der Waals surface area contributed by atoms with Gasteiger partial charge in [0.15, 0.2) is 0 Å². The fraction of sp³-hybridized carbons (Fsp3) is 0.833. The van der Waals surface area contributed by atoms with E-state index in [4.69, 9.17) is 9.84 Å². The Bertz CT molecular complexity index is 277. The van der Waals surface area contributed by atoms with E-state index in [1.165, 1.54) is 0 Å². The first-order valence-electron chi connectivity index (χ1n) is 6.46. The molecule has 1 unspecified atom stereocenters. The fourth-order valence-electron chi connectivity index (χ4n) is 1.89. The second-order valence-corrected chi connectivity index (χ2v) is 4.53. The molecule has 1 rings (SSSR count). The number of rotatable bonds is 7. The zero-order valence-electron chi connectivity index (χ0n) is 10.8. The highest BCUT2D eigenvalue weighted by molar-refractivity contribution is 5.83. The van der Waals surface area contributed by atoms with E-state index in [9.17, 15) is 9.59 Å². The minimum absolute atomic E-state index is 0.0145. The molecule has 1 heterocycles. The van der Waals surface area contributed by atoms with Crippen LogP contribution in [0.15, 0.2) is 0 Å². The number of carboxylic acid groups (broad SMARTS) is 1. The summed E-state index contributed by atoms with van der Waals surface area (Å²) >= 11 is 0. The van der Waals surface area contributed by atoms with Gasteiger partial charge in [-0.25, -0.2) is 4.79 Å². The number of unbranched alkanes of at least 4 members (excludes halogenated alkanes) is 1. The van der Waals surface area contributed by atoms with Gasteiger partial charge in [-0.05, 0) is 6.42 Å². The SMILES string of the molecule is CCCC[C@H](NC(=O)CC1COCCN1)C(=O)O. The van der Waals surface area contributed by atoms with E-state index < -0.39 is 12.0 Å². The molecule has 6 nitrogen and oxygen atoms in total. The largest absolute Gasteiger partial charge is 0.480 e. The smallest absolute Gasteiger partial charge is 0.326 e. The van der Waals surface area contributed by atoms with Gasteiger partial charge in [-0.1, -0.05) is 19.8 Å². The predicted molar refractivity (Wildman–Crippen MR) is 66.3 cm³/mol. The van der Waals surface area contributed by atoms with Gasteiger partial charge in [-0.2, -0.15) is 0 Å². The maximum atomic E-state index is 11.7. The fourth-order valence-corrected chi connectivity index (χ4v) is 1.89. The second kappa shape index (κ2) is 8.05. The van der Waals surface area contributed by atoms with Crippen molar-refractivity contribution < 1.29 is 19.4 Å². The molecule has 1 aliphatic rings. The van der Waals surface area contributed by atoms with E-state index in [0.29, 0.717) is 19.6 Å². The molecule has 18 heavy (non-hydrogen) atoms. The van der Waals surface area contributed by atoms with Gasteiger partial charge in [-0.15, -0.1) is 0 Å². The van der Waals surface area contributed by atoms with E-state index in [2.05, 4.69) is 10.6 Å². The Kier molecular flexibility index (Phi) is 6.67. The van der Waals surface area contributed by atoms with Crippen LogP contribution in [0, 0.1) is 0 Å². The van der Waals surface area contributed by atoms with Crippen LogP contribution in [0.4, 0.5) is 0 Å². The summed E-state index contributed by atoms with van der Waals surface area (Å²) in [5.74, 6) is -1.20. The van der Waals surface area contributed by atoms with E-state index in [1.54, 1.807) is 0 Å². The van der Waals surface area contributed by atoms with Crippen LogP contribution in [0.5, 0.6) is 0 Å². The molecule has 104 valence electrons. The van der Waals surface area contributed by atoms with Crippen molar-refractivity contribution in [3.8, 4) is 0 Å². The zero-order valence-corrected chi connectivity index (χ0v) is 10.8. The molecule has 1 fully saturated rings. The number of amides is 1. The molecule has 0 aromatic heterocycles. The van der Waals surface area contributed by atoms with Crippen molar-refractivity contribution in [1.82, 2.24) is 10.6 Å². The zero-order chi connectivity index (χ0) is 13.4. The lowest BCUT2D eigenvalue weighted by molar-refractivity contribution is -0.142. The summed E-state index contributed by atoms with van der Waals surface area (Å²) in [6.07, 6.45) is 2.45. The molecule has 0 aromatic rings. The molecule has 3 N–H and O–H groups in total. The Morgan fingerprint density at radius 3 is 2.89 bits per heavy atom. The van der Waals surface area contributed by atoms with E-state index >= 15 is 0 Å². The molecule has 1 amide bonds. The highest BCUT2D eigenvalue weighted by Gasteiger charge is 2.22. The molecule has 0 aliphatic carbocycles. The third kappa shape index (κ3) is 5.46. The molecular formula is C12H22N2O4. The number of ether oxygens (including phenoxy) is 1. The van der Waals surface area contributed by atoms with E-state index in [1.807, 2.05) is 6.92 Å². The van der Waals surface area contributed by atoms with Crippen LogP contribution in [0.3, 0.4) is 0 Å². The molecule has 1 saturated heterocycles.